The molecule has 0 amide bonds. The van der Waals surface area contributed by atoms with Crippen molar-refractivity contribution in [3.8, 4) is 16.9 Å². The van der Waals surface area contributed by atoms with Crippen molar-refractivity contribution in [1.82, 2.24) is 0 Å². The maximum Gasteiger partial charge on any atom is 0.324 e. The number of benzene rings is 2. The fourth-order valence-electron chi connectivity index (χ4n) is 2.88. The molecule has 0 saturated carbocycles. The lowest BCUT2D eigenvalue weighted by atomic mass is 9.90. The van der Waals surface area contributed by atoms with Crippen LogP contribution in [0.3, 0.4) is 0 Å². The fraction of sp³-hybridized carbons (Fsp3) is 0.150. The molecule has 0 heterocycles. The van der Waals surface area contributed by atoms with Gasteiger partial charge >= 0.3 is 5.71 Å². The molecule has 4 heteroatoms. The first-order chi connectivity index (χ1) is 11.8. The zero-order chi connectivity index (χ0) is 16.9. The predicted molar refractivity (Wildman–Crippen MR) is 95.0 cm³/mol. The Bertz CT molecular complexity index is 847. The first-order valence-electron chi connectivity index (χ1n) is 7.66. The molecule has 1 unspecified atom stereocenters. The smallest absolute Gasteiger partial charge is 0.324 e. The van der Waals surface area contributed by atoms with E-state index < -0.39 is 0 Å². The van der Waals surface area contributed by atoms with Crippen LogP contribution >= 0.6 is 0 Å². The Morgan fingerprint density at radius 2 is 1.75 bits per heavy atom. The second-order valence-electron chi connectivity index (χ2n) is 5.39. The number of hydrogen-bond donors (Lipinski definition) is 0. The summed E-state index contributed by atoms with van der Waals surface area (Å²) < 4.78 is 11.0. The van der Waals surface area contributed by atoms with Gasteiger partial charge in [-0.3, -0.25) is 0 Å². The Hall–Kier alpha value is -2.94. The second kappa shape index (κ2) is 7.09. The minimum atomic E-state index is -0.384. The maximum absolute atomic E-state index is 9.07. The molecule has 0 fully saturated rings. The van der Waals surface area contributed by atoms with Crippen molar-refractivity contribution in [3.05, 3.63) is 77.9 Å². The summed E-state index contributed by atoms with van der Waals surface area (Å²) in [4.78, 5) is 3.28. The third-order valence-electron chi connectivity index (χ3n) is 4.05. The molecule has 4 nitrogen and oxygen atoms in total. The van der Waals surface area contributed by atoms with E-state index in [1.807, 2.05) is 42.5 Å². The van der Waals surface area contributed by atoms with Gasteiger partial charge in [0.15, 0.2) is 6.10 Å². The largest absolute Gasteiger partial charge is 0.496 e. The molecule has 0 N–H and O–H groups in total. The van der Waals surface area contributed by atoms with E-state index in [2.05, 4.69) is 23.0 Å². The highest BCUT2D eigenvalue weighted by atomic mass is 16.5. The minimum Gasteiger partial charge on any atom is -0.496 e. The summed E-state index contributed by atoms with van der Waals surface area (Å²) in [5.41, 5.74) is 13.7. The highest BCUT2D eigenvalue weighted by Crippen LogP contribution is 2.38. The van der Waals surface area contributed by atoms with Gasteiger partial charge in [0, 0.05) is 18.7 Å². The van der Waals surface area contributed by atoms with E-state index in [9.17, 15) is 0 Å². The molecule has 0 aromatic heterocycles. The van der Waals surface area contributed by atoms with Gasteiger partial charge in [0.2, 0.25) is 0 Å². The molecule has 1 aliphatic carbocycles. The van der Waals surface area contributed by atoms with Crippen molar-refractivity contribution in [2.75, 3.05) is 14.2 Å². The lowest BCUT2D eigenvalue weighted by Gasteiger charge is -2.18. The quantitative estimate of drug-likeness (QED) is 0.632. The molecule has 24 heavy (non-hydrogen) atoms. The van der Waals surface area contributed by atoms with Gasteiger partial charge in [0.05, 0.1) is 7.11 Å². The average molecular weight is 318 g/mol. The summed E-state index contributed by atoms with van der Waals surface area (Å²) in [5, 5.41) is 0. The van der Waals surface area contributed by atoms with Crippen LogP contribution < -0.4 is 4.74 Å². The molecule has 0 radical (unpaired) electrons. The van der Waals surface area contributed by atoms with Crippen LogP contribution in [0.5, 0.6) is 5.75 Å². The highest BCUT2D eigenvalue weighted by Gasteiger charge is 2.24. The normalized spacial score (nSPS) is 16.5. The van der Waals surface area contributed by atoms with Crippen LogP contribution in [0.2, 0.25) is 0 Å². The topological polar surface area (TPSA) is 54.9 Å². The minimum absolute atomic E-state index is 0.384. The lowest BCUT2D eigenvalue weighted by molar-refractivity contribution is -0.0183. The van der Waals surface area contributed by atoms with E-state index in [1.54, 1.807) is 20.3 Å². The van der Waals surface area contributed by atoms with Crippen LogP contribution in [0.1, 0.15) is 5.56 Å². The molecule has 1 atom stereocenters. The Morgan fingerprint density at radius 1 is 0.958 bits per heavy atom. The summed E-state index contributed by atoms with van der Waals surface area (Å²) >= 11 is 0. The van der Waals surface area contributed by atoms with Crippen molar-refractivity contribution in [2.45, 2.75) is 6.10 Å². The summed E-state index contributed by atoms with van der Waals surface area (Å²) in [7, 11) is 3.26. The van der Waals surface area contributed by atoms with Gasteiger partial charge in [0.25, 0.3) is 0 Å². The predicted octanol–water partition coefficient (Wildman–Crippen LogP) is 4.00. The van der Waals surface area contributed by atoms with Gasteiger partial charge < -0.3 is 15.0 Å². The van der Waals surface area contributed by atoms with E-state index in [-0.39, 0.29) is 6.10 Å². The summed E-state index contributed by atoms with van der Waals surface area (Å²) in [5.74, 6) is 0.809. The zero-order valence-electron chi connectivity index (χ0n) is 13.6. The molecule has 0 aliphatic heterocycles. The molecule has 2 aromatic rings. The number of ether oxygens (including phenoxy) is 2. The third-order valence-corrected chi connectivity index (χ3v) is 4.05. The summed E-state index contributed by atoms with van der Waals surface area (Å²) in [6.07, 6.45) is 5.24. The number of rotatable bonds is 4. The average Bonchev–Trinajstić information content (AvgIpc) is 2.67. The Labute approximate surface area is 141 Å². The van der Waals surface area contributed by atoms with Crippen LogP contribution in [0.25, 0.3) is 22.2 Å². The van der Waals surface area contributed by atoms with E-state index >= 15 is 0 Å². The zero-order valence-corrected chi connectivity index (χ0v) is 13.6. The van der Waals surface area contributed by atoms with E-state index in [0.717, 1.165) is 28.0 Å². The van der Waals surface area contributed by atoms with Crippen molar-refractivity contribution >= 4 is 11.3 Å². The maximum atomic E-state index is 9.07. The molecule has 0 bridgehead atoms. The van der Waals surface area contributed by atoms with Gasteiger partial charge in [-0.2, -0.15) is 4.79 Å². The second-order valence-corrected chi connectivity index (χ2v) is 5.39. The van der Waals surface area contributed by atoms with Crippen molar-refractivity contribution in [3.63, 3.8) is 0 Å². The lowest BCUT2D eigenvalue weighted by Crippen LogP contribution is -2.22. The highest BCUT2D eigenvalue weighted by molar-refractivity contribution is 6.03. The van der Waals surface area contributed by atoms with Gasteiger partial charge in [-0.15, -0.1) is 0 Å². The molecule has 0 saturated heterocycles. The standard InChI is InChI=1S/C20H18N2O2/c1-23-18-10-6-9-16(20(18)14-7-4-3-5-8-14)15-11-12-17(22-21)19(13-15)24-2/h3-13,19H,1-2H3. The fourth-order valence-corrected chi connectivity index (χ4v) is 2.88. The number of nitrogens with zero attached hydrogens (tertiary/aromatic N) is 2. The van der Waals surface area contributed by atoms with Gasteiger partial charge in [-0.05, 0) is 34.9 Å². The van der Waals surface area contributed by atoms with Gasteiger partial charge in [-0.1, -0.05) is 42.5 Å². The summed E-state index contributed by atoms with van der Waals surface area (Å²) in [6, 6.07) is 16.1. The number of allylic oxidation sites excluding steroid dienone is 2. The monoisotopic (exact) mass is 318 g/mol. The molecule has 0 spiro atoms. The molecule has 120 valence electrons. The van der Waals surface area contributed by atoms with E-state index in [4.69, 9.17) is 15.0 Å². The first kappa shape index (κ1) is 15.9. The van der Waals surface area contributed by atoms with Crippen LogP contribution in [0, 0.1) is 0 Å². The van der Waals surface area contributed by atoms with Gasteiger partial charge in [0.1, 0.15) is 5.75 Å². The first-order valence-corrected chi connectivity index (χ1v) is 7.66. The Morgan fingerprint density at radius 3 is 2.42 bits per heavy atom. The molecular formula is C20H18N2O2. The molecule has 2 aromatic carbocycles. The number of methoxy groups -OCH3 is 2. The van der Waals surface area contributed by atoms with E-state index in [0.29, 0.717) is 5.71 Å². The van der Waals surface area contributed by atoms with Crippen LogP contribution in [-0.2, 0) is 4.74 Å². The van der Waals surface area contributed by atoms with Crippen LogP contribution in [0.15, 0.2) is 66.8 Å². The van der Waals surface area contributed by atoms with E-state index in [1.165, 1.54) is 0 Å². The Balaban J connectivity index is 2.18. The Kier molecular flexibility index (Phi) is 4.71. The molecule has 3 rings (SSSR count). The summed E-state index contributed by atoms with van der Waals surface area (Å²) in [6.45, 7) is 0. The van der Waals surface area contributed by atoms with Crippen LogP contribution in [-0.4, -0.2) is 30.8 Å². The van der Waals surface area contributed by atoms with Crippen molar-refractivity contribution < 1.29 is 14.3 Å². The SMILES string of the molecule is COc1cccc(C2=CC(OC)C(=[N+]=[N-])C=C2)c1-c1ccccc1. The van der Waals surface area contributed by atoms with Crippen molar-refractivity contribution in [1.29, 1.82) is 0 Å². The number of hydrogen-bond acceptors (Lipinski definition) is 2. The third kappa shape index (κ3) is 2.93. The van der Waals surface area contributed by atoms with Crippen molar-refractivity contribution in [2.24, 2.45) is 0 Å². The molecular weight excluding hydrogens is 300 g/mol. The van der Waals surface area contributed by atoms with Crippen LogP contribution in [0.4, 0.5) is 0 Å². The van der Waals surface area contributed by atoms with Gasteiger partial charge in [-0.25, -0.2) is 0 Å². The molecule has 1 aliphatic rings.